The van der Waals surface area contributed by atoms with Crippen molar-refractivity contribution in [3.05, 3.63) is 108 Å². The molecule has 0 aliphatic heterocycles. The van der Waals surface area contributed by atoms with E-state index in [-0.39, 0.29) is 40.6 Å². The number of nitro benzene ring substituents is 1. The van der Waals surface area contributed by atoms with Crippen LogP contribution in [0.4, 0.5) is 5.69 Å². The first-order valence-corrected chi connectivity index (χ1v) is 12.5. The van der Waals surface area contributed by atoms with Crippen LogP contribution in [0, 0.1) is 10.1 Å². The number of halogens is 1. The third-order valence-electron chi connectivity index (χ3n) is 5.97. The lowest BCUT2D eigenvalue weighted by Crippen LogP contribution is -2.23. The van der Waals surface area contributed by atoms with Crippen LogP contribution in [0.2, 0.25) is 0 Å². The van der Waals surface area contributed by atoms with Gasteiger partial charge in [0.1, 0.15) is 18.2 Å². The smallest absolute Gasteiger partial charge is 0.335 e. The minimum Gasteiger partial charge on any atom is -0.488 e. The zero-order valence-corrected chi connectivity index (χ0v) is 22.1. The second kappa shape index (κ2) is 11.3. The number of ether oxygens (including phenoxy) is 1. The number of non-ortho nitro benzene ring substituents is 1. The van der Waals surface area contributed by atoms with Gasteiger partial charge in [0.15, 0.2) is 0 Å². The number of aromatic nitrogens is 2. The fourth-order valence-corrected chi connectivity index (χ4v) is 4.10. The van der Waals surface area contributed by atoms with Crippen LogP contribution in [0.1, 0.15) is 53.5 Å². The summed E-state index contributed by atoms with van der Waals surface area (Å²) in [4.78, 5) is 40.2. The second-order valence-corrected chi connectivity index (χ2v) is 9.49. The van der Waals surface area contributed by atoms with E-state index in [4.69, 9.17) is 4.74 Å². The molecule has 0 aliphatic carbocycles. The van der Waals surface area contributed by atoms with Gasteiger partial charge in [-0.1, -0.05) is 41.9 Å². The van der Waals surface area contributed by atoms with Crippen molar-refractivity contribution in [3.8, 4) is 5.75 Å². The minimum atomic E-state index is -1.06. The van der Waals surface area contributed by atoms with Crippen LogP contribution in [0.5, 0.6) is 5.75 Å². The number of aromatic carboxylic acids is 1. The molecule has 4 rings (SSSR count). The molecule has 0 fully saturated rings. The number of benzene rings is 3. The van der Waals surface area contributed by atoms with Gasteiger partial charge in [0.05, 0.1) is 27.6 Å². The average Bonchev–Trinajstić information content (AvgIpc) is 2.91. The van der Waals surface area contributed by atoms with Crippen molar-refractivity contribution in [1.29, 1.82) is 0 Å². The molecular weight excluding hydrogens is 556 g/mol. The molecule has 0 aliphatic rings. The third kappa shape index (κ3) is 5.78. The Balaban J connectivity index is 1.77. The van der Waals surface area contributed by atoms with Gasteiger partial charge in [-0.25, -0.2) is 9.78 Å². The Morgan fingerprint density at radius 1 is 1.24 bits per heavy atom. The van der Waals surface area contributed by atoms with E-state index in [1.807, 2.05) is 19.9 Å². The Morgan fingerprint density at radius 2 is 2.03 bits per heavy atom. The summed E-state index contributed by atoms with van der Waals surface area (Å²) in [6.07, 6.45) is 2.04. The molecule has 1 aromatic heterocycles. The second-order valence-electron chi connectivity index (χ2n) is 8.58. The van der Waals surface area contributed by atoms with Crippen LogP contribution < -0.4 is 10.3 Å². The van der Waals surface area contributed by atoms with Gasteiger partial charge in [-0.05, 0) is 48.4 Å². The fourth-order valence-electron chi connectivity index (χ4n) is 3.74. The van der Waals surface area contributed by atoms with E-state index in [2.05, 4.69) is 26.0 Å². The van der Waals surface area contributed by atoms with Gasteiger partial charge in [-0.3, -0.25) is 14.9 Å². The molecule has 3 aromatic carbocycles. The van der Waals surface area contributed by atoms with Crippen molar-refractivity contribution in [2.24, 2.45) is 5.10 Å². The first kappa shape index (κ1) is 26.7. The molecule has 4 aromatic rings. The maximum absolute atomic E-state index is 13.4. The van der Waals surface area contributed by atoms with E-state index < -0.39 is 10.9 Å². The van der Waals surface area contributed by atoms with E-state index in [9.17, 15) is 24.8 Å². The van der Waals surface area contributed by atoms with Crippen LogP contribution in [0.3, 0.4) is 0 Å². The maximum atomic E-state index is 13.4. The number of nitro groups is 1. The maximum Gasteiger partial charge on any atom is 0.335 e. The van der Waals surface area contributed by atoms with Crippen molar-refractivity contribution in [2.45, 2.75) is 32.8 Å². The van der Waals surface area contributed by atoms with E-state index >= 15 is 0 Å². The summed E-state index contributed by atoms with van der Waals surface area (Å²) in [5, 5.41) is 25.4. The average molecular weight is 579 g/mol. The molecule has 0 radical (unpaired) electrons. The summed E-state index contributed by atoms with van der Waals surface area (Å²) in [5.41, 5.74) is 0.977. The summed E-state index contributed by atoms with van der Waals surface area (Å²) in [6, 6.07) is 15.5. The lowest BCUT2D eigenvalue weighted by Gasteiger charge is -2.14. The highest BCUT2D eigenvalue weighted by Crippen LogP contribution is 2.25. The fraction of sp³-hybridized carbons (Fsp3) is 0.185. The predicted octanol–water partition coefficient (Wildman–Crippen LogP) is 5.74. The number of rotatable bonds is 9. The molecule has 1 heterocycles. The lowest BCUT2D eigenvalue weighted by atomic mass is 10.1. The van der Waals surface area contributed by atoms with Gasteiger partial charge < -0.3 is 9.84 Å². The lowest BCUT2D eigenvalue weighted by molar-refractivity contribution is -0.384. The van der Waals surface area contributed by atoms with E-state index in [0.29, 0.717) is 28.7 Å². The highest BCUT2D eigenvalue weighted by Gasteiger charge is 2.17. The number of fused-ring (bicyclic) bond motifs is 1. The Kier molecular flexibility index (Phi) is 7.96. The first-order valence-electron chi connectivity index (χ1n) is 11.7. The van der Waals surface area contributed by atoms with Crippen LogP contribution in [0.25, 0.3) is 10.9 Å². The van der Waals surface area contributed by atoms with Crippen molar-refractivity contribution in [3.63, 3.8) is 0 Å². The molecule has 194 valence electrons. The number of carboxylic acid groups (broad SMARTS) is 1. The molecule has 0 bridgehead atoms. The summed E-state index contributed by atoms with van der Waals surface area (Å²) >= 11 is 3.38. The zero-order chi connectivity index (χ0) is 27.4. The number of hydrogen-bond acceptors (Lipinski definition) is 7. The van der Waals surface area contributed by atoms with Gasteiger partial charge >= 0.3 is 5.97 Å². The Bertz CT molecular complexity index is 1630. The molecular formula is C27H23BrN4O6. The van der Waals surface area contributed by atoms with Gasteiger partial charge in [0, 0.05) is 28.1 Å². The highest BCUT2D eigenvalue weighted by molar-refractivity contribution is 9.10. The molecule has 0 unspecified atom stereocenters. The quantitative estimate of drug-likeness (QED) is 0.152. The summed E-state index contributed by atoms with van der Waals surface area (Å²) in [5.74, 6) is -0.416. The van der Waals surface area contributed by atoms with Gasteiger partial charge in [-0.2, -0.15) is 9.78 Å². The molecule has 0 spiro atoms. The molecule has 11 heteroatoms. The molecule has 38 heavy (non-hydrogen) atoms. The standard InChI is InChI=1S/C27H23BrN4O6/c1-3-16(2)25-30-23-9-7-20(28)13-22(23)26(33)31(25)29-14-19-12-21(32(36)37)8-10-24(19)38-15-17-5-4-6-18(11-17)27(34)35/h4-14,16H,3,15H2,1-2H3,(H,34,35)/t16-/m1/s1. The molecule has 1 N–H and O–H groups in total. The largest absolute Gasteiger partial charge is 0.488 e. The number of hydrogen-bond donors (Lipinski definition) is 1. The van der Waals surface area contributed by atoms with Gasteiger partial charge in [-0.15, -0.1) is 0 Å². The van der Waals surface area contributed by atoms with Gasteiger partial charge in [0.2, 0.25) is 0 Å². The number of carboxylic acids is 1. The van der Waals surface area contributed by atoms with Crippen LogP contribution in [0.15, 0.2) is 75.0 Å². The highest BCUT2D eigenvalue weighted by atomic mass is 79.9. The normalized spacial score (nSPS) is 12.1. The summed E-state index contributed by atoms with van der Waals surface area (Å²) < 4.78 is 7.81. The molecule has 0 saturated heterocycles. The van der Waals surface area contributed by atoms with Crippen LogP contribution >= 0.6 is 15.9 Å². The molecule has 10 nitrogen and oxygen atoms in total. The predicted molar refractivity (Wildman–Crippen MR) is 146 cm³/mol. The molecule has 0 saturated carbocycles. The Morgan fingerprint density at radius 3 is 2.74 bits per heavy atom. The Labute approximate surface area is 225 Å². The molecule has 1 atom stereocenters. The molecule has 0 amide bonds. The van der Waals surface area contributed by atoms with Crippen LogP contribution in [-0.2, 0) is 6.61 Å². The van der Waals surface area contributed by atoms with Crippen LogP contribution in [-0.4, -0.2) is 31.9 Å². The number of nitrogens with zero attached hydrogens (tertiary/aromatic N) is 4. The summed E-state index contributed by atoms with van der Waals surface area (Å²) in [6.45, 7) is 3.93. The first-order chi connectivity index (χ1) is 18.2. The van der Waals surface area contributed by atoms with Crippen molar-refractivity contribution >= 4 is 44.7 Å². The van der Waals surface area contributed by atoms with Crippen molar-refractivity contribution in [2.75, 3.05) is 0 Å². The Hall–Kier alpha value is -4.38. The van der Waals surface area contributed by atoms with E-state index in [1.54, 1.807) is 24.3 Å². The van der Waals surface area contributed by atoms with E-state index in [1.165, 1.54) is 41.2 Å². The SMILES string of the molecule is CC[C@@H](C)c1nc2ccc(Br)cc2c(=O)n1N=Cc1cc([N+](=O)[O-])ccc1OCc1cccc(C(=O)O)c1. The van der Waals surface area contributed by atoms with Crippen molar-refractivity contribution < 1.29 is 19.6 Å². The topological polar surface area (TPSA) is 137 Å². The van der Waals surface area contributed by atoms with Crippen molar-refractivity contribution in [1.82, 2.24) is 9.66 Å². The zero-order valence-electron chi connectivity index (χ0n) is 20.5. The minimum absolute atomic E-state index is 0.0173. The van der Waals surface area contributed by atoms with Gasteiger partial charge in [0.25, 0.3) is 11.2 Å². The van der Waals surface area contributed by atoms with E-state index in [0.717, 1.165) is 4.47 Å². The monoisotopic (exact) mass is 578 g/mol. The third-order valence-corrected chi connectivity index (χ3v) is 6.46. The number of carbonyl (C=O) groups is 1. The summed E-state index contributed by atoms with van der Waals surface area (Å²) in [7, 11) is 0.